The molecule has 0 radical (unpaired) electrons. The Morgan fingerprint density at radius 1 is 1.00 bits per heavy atom. The molecular weight excluding hydrogens is 326 g/mol. The molecule has 4 aromatic rings. The van der Waals surface area contributed by atoms with E-state index < -0.39 is 4.92 Å². The summed E-state index contributed by atoms with van der Waals surface area (Å²) in [6, 6.07) is 17.1. The minimum Gasteiger partial charge on any atom is -0.313 e. The Bertz CT molecular complexity index is 1140. The van der Waals surface area contributed by atoms with Crippen molar-refractivity contribution < 1.29 is 4.92 Å². The van der Waals surface area contributed by atoms with Gasteiger partial charge in [0.15, 0.2) is 0 Å². The van der Waals surface area contributed by atoms with Crippen LogP contribution in [-0.2, 0) is 5.41 Å². The zero-order chi connectivity index (χ0) is 18.5. The van der Waals surface area contributed by atoms with Gasteiger partial charge < -0.3 is 4.40 Å². The first kappa shape index (κ1) is 16.3. The van der Waals surface area contributed by atoms with Crippen LogP contribution < -0.4 is 0 Å². The van der Waals surface area contributed by atoms with Crippen LogP contribution in [0.2, 0.25) is 0 Å². The molecule has 0 saturated carbocycles. The Balaban J connectivity index is 1.95. The molecule has 2 heterocycles. The zero-order valence-electron chi connectivity index (χ0n) is 14.9. The lowest BCUT2D eigenvalue weighted by Crippen LogP contribution is -2.10. The lowest BCUT2D eigenvalue weighted by molar-refractivity contribution is -0.384. The second kappa shape index (κ2) is 5.66. The molecule has 0 aliphatic carbocycles. The predicted molar refractivity (Wildman–Crippen MR) is 103 cm³/mol. The van der Waals surface area contributed by atoms with E-state index in [-0.39, 0.29) is 11.1 Å². The van der Waals surface area contributed by atoms with Crippen molar-refractivity contribution >= 4 is 22.2 Å². The first-order valence-electron chi connectivity index (χ1n) is 8.51. The van der Waals surface area contributed by atoms with Crippen molar-refractivity contribution in [2.45, 2.75) is 26.2 Å². The Hall–Kier alpha value is -3.21. The van der Waals surface area contributed by atoms with Crippen LogP contribution in [0, 0.1) is 10.1 Å². The minimum absolute atomic E-state index is 0.0468. The molecule has 26 heavy (non-hydrogen) atoms. The highest BCUT2D eigenvalue weighted by atomic mass is 16.6. The second-order valence-corrected chi connectivity index (χ2v) is 7.48. The van der Waals surface area contributed by atoms with E-state index in [1.54, 1.807) is 6.07 Å². The number of hydrogen-bond acceptors (Lipinski definition) is 3. The van der Waals surface area contributed by atoms with Crippen LogP contribution >= 0.6 is 0 Å². The third-order valence-corrected chi connectivity index (χ3v) is 4.68. The van der Waals surface area contributed by atoms with Gasteiger partial charge in [-0.25, -0.2) is 4.98 Å². The second-order valence-electron chi connectivity index (χ2n) is 7.48. The maximum atomic E-state index is 11.1. The number of nitro benzene ring substituents is 1. The molecule has 2 aromatic heterocycles. The number of nitro groups is 1. The van der Waals surface area contributed by atoms with E-state index in [4.69, 9.17) is 4.98 Å². The molecule has 0 spiro atoms. The van der Waals surface area contributed by atoms with Gasteiger partial charge in [-0.15, -0.1) is 0 Å². The van der Waals surface area contributed by atoms with Gasteiger partial charge in [0.05, 0.1) is 27.2 Å². The third kappa shape index (κ3) is 2.62. The largest absolute Gasteiger partial charge is 0.313 e. The van der Waals surface area contributed by atoms with Crippen LogP contribution in [0.1, 0.15) is 26.3 Å². The number of nitrogens with zero attached hydrogens (tertiary/aromatic N) is 3. The van der Waals surface area contributed by atoms with E-state index in [1.165, 1.54) is 17.7 Å². The Morgan fingerprint density at radius 2 is 1.73 bits per heavy atom. The Morgan fingerprint density at radius 3 is 2.38 bits per heavy atom. The van der Waals surface area contributed by atoms with Crippen LogP contribution in [0.5, 0.6) is 0 Å². The molecule has 5 heteroatoms. The smallest absolute Gasteiger partial charge is 0.271 e. The normalized spacial score (nSPS) is 12.0. The van der Waals surface area contributed by atoms with Crippen molar-refractivity contribution in [3.63, 3.8) is 0 Å². The van der Waals surface area contributed by atoms with E-state index in [0.29, 0.717) is 5.52 Å². The summed E-state index contributed by atoms with van der Waals surface area (Å²) in [6.45, 7) is 6.54. The average Bonchev–Trinajstić information content (AvgIpc) is 3.09. The summed E-state index contributed by atoms with van der Waals surface area (Å²) in [6.07, 6.45) is 1.96. The van der Waals surface area contributed by atoms with Crippen molar-refractivity contribution in [3.8, 4) is 11.3 Å². The standard InChI is InChI=1S/C21H19N3O2/c1-21(2,3)15-8-6-14(7-9-15)20-19-5-4-12-23(19)18-11-10-16(24(25)26)13-17(18)22-20/h4-13H,1-3H3. The van der Waals surface area contributed by atoms with Gasteiger partial charge in [0.2, 0.25) is 0 Å². The van der Waals surface area contributed by atoms with Crippen molar-refractivity contribution in [1.29, 1.82) is 0 Å². The molecule has 0 unspecified atom stereocenters. The summed E-state index contributed by atoms with van der Waals surface area (Å²) >= 11 is 0. The predicted octanol–water partition coefficient (Wildman–Crippen LogP) is 5.36. The number of benzene rings is 2. The van der Waals surface area contributed by atoms with Gasteiger partial charge in [0.1, 0.15) is 0 Å². The molecule has 0 amide bonds. The van der Waals surface area contributed by atoms with Crippen molar-refractivity contribution in [3.05, 3.63) is 76.5 Å². The van der Waals surface area contributed by atoms with Gasteiger partial charge in [0.25, 0.3) is 5.69 Å². The number of aromatic nitrogens is 2. The molecular formula is C21H19N3O2. The number of non-ortho nitro benzene ring substituents is 1. The highest BCUT2D eigenvalue weighted by Gasteiger charge is 2.16. The molecule has 2 aromatic carbocycles. The van der Waals surface area contributed by atoms with Crippen LogP contribution in [0.15, 0.2) is 60.8 Å². The topological polar surface area (TPSA) is 60.4 Å². The lowest BCUT2D eigenvalue weighted by atomic mass is 9.86. The van der Waals surface area contributed by atoms with E-state index in [2.05, 4.69) is 45.0 Å². The van der Waals surface area contributed by atoms with Crippen LogP contribution in [0.3, 0.4) is 0 Å². The fourth-order valence-corrected chi connectivity index (χ4v) is 3.22. The van der Waals surface area contributed by atoms with E-state index in [1.807, 2.05) is 22.7 Å². The summed E-state index contributed by atoms with van der Waals surface area (Å²) in [5, 5.41) is 11.1. The Labute approximate surface area is 151 Å². The minimum atomic E-state index is -0.390. The number of rotatable bonds is 2. The molecule has 0 atom stereocenters. The maximum Gasteiger partial charge on any atom is 0.271 e. The summed E-state index contributed by atoms with van der Waals surface area (Å²) in [7, 11) is 0. The first-order chi connectivity index (χ1) is 12.3. The molecule has 0 aliphatic heterocycles. The molecule has 5 nitrogen and oxygen atoms in total. The molecule has 0 aliphatic rings. The molecule has 0 bridgehead atoms. The lowest BCUT2D eigenvalue weighted by Gasteiger charge is -2.19. The number of hydrogen-bond donors (Lipinski definition) is 0. The molecule has 130 valence electrons. The maximum absolute atomic E-state index is 11.1. The SMILES string of the molecule is CC(C)(C)c1ccc(-c2nc3cc([N+](=O)[O-])ccc3n3cccc23)cc1. The summed E-state index contributed by atoms with van der Waals surface area (Å²) in [4.78, 5) is 15.5. The van der Waals surface area contributed by atoms with Crippen molar-refractivity contribution in [2.75, 3.05) is 0 Å². The van der Waals surface area contributed by atoms with Gasteiger partial charge in [0, 0.05) is 23.9 Å². The highest BCUT2D eigenvalue weighted by Crippen LogP contribution is 2.30. The van der Waals surface area contributed by atoms with E-state index in [0.717, 1.165) is 22.3 Å². The molecule has 4 rings (SSSR count). The average molecular weight is 345 g/mol. The number of fused-ring (bicyclic) bond motifs is 3. The van der Waals surface area contributed by atoms with Gasteiger partial charge in [-0.05, 0) is 29.2 Å². The zero-order valence-corrected chi connectivity index (χ0v) is 14.9. The molecule has 0 N–H and O–H groups in total. The van der Waals surface area contributed by atoms with Gasteiger partial charge in [-0.3, -0.25) is 10.1 Å². The third-order valence-electron chi connectivity index (χ3n) is 4.68. The monoisotopic (exact) mass is 345 g/mol. The van der Waals surface area contributed by atoms with Gasteiger partial charge in [-0.2, -0.15) is 0 Å². The molecule has 0 fully saturated rings. The van der Waals surface area contributed by atoms with Crippen LogP contribution in [0.4, 0.5) is 5.69 Å². The Kier molecular flexibility index (Phi) is 3.54. The summed E-state index contributed by atoms with van der Waals surface area (Å²) in [5.41, 5.74) is 5.65. The summed E-state index contributed by atoms with van der Waals surface area (Å²) < 4.78 is 2.03. The fourth-order valence-electron chi connectivity index (χ4n) is 3.22. The first-order valence-corrected chi connectivity index (χ1v) is 8.51. The van der Waals surface area contributed by atoms with E-state index in [9.17, 15) is 10.1 Å². The van der Waals surface area contributed by atoms with Crippen molar-refractivity contribution in [1.82, 2.24) is 9.38 Å². The van der Waals surface area contributed by atoms with Gasteiger partial charge >= 0.3 is 0 Å². The van der Waals surface area contributed by atoms with Crippen molar-refractivity contribution in [2.24, 2.45) is 0 Å². The van der Waals surface area contributed by atoms with Crippen LogP contribution in [-0.4, -0.2) is 14.3 Å². The van der Waals surface area contributed by atoms with Crippen LogP contribution in [0.25, 0.3) is 27.8 Å². The summed E-state index contributed by atoms with van der Waals surface area (Å²) in [5.74, 6) is 0. The molecule has 0 saturated heterocycles. The quantitative estimate of drug-likeness (QED) is 0.363. The van der Waals surface area contributed by atoms with E-state index >= 15 is 0 Å². The fraction of sp³-hybridized carbons (Fsp3) is 0.190. The highest BCUT2D eigenvalue weighted by molar-refractivity contribution is 5.88. The van der Waals surface area contributed by atoms with Gasteiger partial charge in [-0.1, -0.05) is 45.0 Å².